The minimum Gasteiger partial charge on any atom is -0.337 e. The molecule has 1 saturated heterocycles. The molecule has 1 unspecified atom stereocenters. The predicted molar refractivity (Wildman–Crippen MR) is 74.1 cm³/mol. The summed E-state index contributed by atoms with van der Waals surface area (Å²) in [5, 5.41) is 3.27. The number of nitrogens with zero attached hydrogens (tertiary/aromatic N) is 3. The van der Waals surface area contributed by atoms with E-state index in [2.05, 4.69) is 10.3 Å². The molecule has 1 aromatic rings. The molecule has 1 aliphatic rings. The lowest BCUT2D eigenvalue weighted by Gasteiger charge is -2.25. The van der Waals surface area contributed by atoms with E-state index in [9.17, 15) is 8.42 Å². The van der Waals surface area contributed by atoms with E-state index in [1.54, 1.807) is 13.2 Å². The first-order chi connectivity index (χ1) is 8.99. The Bertz CT molecular complexity index is 506. The first-order valence-corrected chi connectivity index (χ1v) is 8.23. The Morgan fingerprint density at radius 1 is 1.53 bits per heavy atom. The molecule has 1 aliphatic heterocycles. The molecule has 0 radical (unpaired) electrons. The van der Waals surface area contributed by atoms with E-state index in [1.165, 1.54) is 4.31 Å². The number of aromatic nitrogens is 2. The van der Waals surface area contributed by atoms with E-state index >= 15 is 0 Å². The number of nitrogens with one attached hydrogen (secondary N) is 1. The molecular weight excluding hydrogens is 264 g/mol. The zero-order valence-electron chi connectivity index (χ0n) is 11.5. The summed E-state index contributed by atoms with van der Waals surface area (Å²) in [5.74, 6) is 0.927. The lowest BCUT2D eigenvalue weighted by Crippen LogP contribution is -2.43. The van der Waals surface area contributed by atoms with Gasteiger partial charge in [-0.15, -0.1) is 0 Å². The number of hydrogen-bond acceptors (Lipinski definition) is 4. The molecular formula is C12H22N4O2S. The van der Waals surface area contributed by atoms with E-state index in [0.717, 1.165) is 31.6 Å². The first-order valence-electron chi connectivity index (χ1n) is 6.62. The van der Waals surface area contributed by atoms with Gasteiger partial charge in [-0.3, -0.25) is 0 Å². The van der Waals surface area contributed by atoms with Crippen molar-refractivity contribution in [1.29, 1.82) is 0 Å². The van der Waals surface area contributed by atoms with Gasteiger partial charge in [-0.2, -0.15) is 4.31 Å². The van der Waals surface area contributed by atoms with Gasteiger partial charge in [0.15, 0.2) is 0 Å². The number of imidazole rings is 1. The Labute approximate surface area is 114 Å². The molecule has 1 N–H and O–H groups in total. The Hall–Kier alpha value is -0.920. The molecule has 108 valence electrons. The summed E-state index contributed by atoms with van der Waals surface area (Å²) in [5.41, 5.74) is 0. The summed E-state index contributed by atoms with van der Waals surface area (Å²) in [6.07, 6.45) is 6.68. The summed E-state index contributed by atoms with van der Waals surface area (Å²) in [6, 6.07) is 0.0857. The van der Waals surface area contributed by atoms with Crippen LogP contribution in [0.5, 0.6) is 0 Å². The highest BCUT2D eigenvalue weighted by Crippen LogP contribution is 2.12. The van der Waals surface area contributed by atoms with Gasteiger partial charge in [-0.1, -0.05) is 6.42 Å². The highest BCUT2D eigenvalue weighted by Gasteiger charge is 2.25. The molecule has 0 bridgehead atoms. The quantitative estimate of drug-likeness (QED) is 0.847. The molecule has 6 nitrogen and oxygen atoms in total. The fraction of sp³-hybridized carbons (Fsp3) is 0.750. The summed E-state index contributed by atoms with van der Waals surface area (Å²) < 4.78 is 27.8. The molecule has 0 saturated carbocycles. The van der Waals surface area contributed by atoms with Gasteiger partial charge in [0.05, 0.1) is 12.3 Å². The second-order valence-electron chi connectivity index (χ2n) is 5.14. The van der Waals surface area contributed by atoms with Crippen molar-refractivity contribution in [3.63, 3.8) is 0 Å². The molecule has 1 fully saturated rings. The van der Waals surface area contributed by atoms with Gasteiger partial charge in [0.2, 0.25) is 10.0 Å². The highest BCUT2D eigenvalue weighted by atomic mass is 32.2. The van der Waals surface area contributed by atoms with Gasteiger partial charge in [0.25, 0.3) is 0 Å². The fourth-order valence-electron chi connectivity index (χ4n) is 2.29. The molecule has 1 aromatic heterocycles. The third kappa shape index (κ3) is 3.77. The van der Waals surface area contributed by atoms with Crippen LogP contribution in [0.25, 0.3) is 0 Å². The largest absolute Gasteiger partial charge is 0.337 e. The lowest BCUT2D eigenvalue weighted by molar-refractivity contribution is 0.404. The molecule has 1 atom stereocenters. The number of sulfonamides is 1. The van der Waals surface area contributed by atoms with E-state index in [0.29, 0.717) is 6.54 Å². The summed E-state index contributed by atoms with van der Waals surface area (Å²) in [7, 11) is 0.249. The van der Waals surface area contributed by atoms with Crippen LogP contribution < -0.4 is 5.32 Å². The number of piperidine rings is 1. The molecule has 19 heavy (non-hydrogen) atoms. The van der Waals surface area contributed by atoms with Crippen LogP contribution in [-0.2, 0) is 23.6 Å². The highest BCUT2D eigenvalue weighted by molar-refractivity contribution is 7.89. The van der Waals surface area contributed by atoms with Crippen LogP contribution in [0.4, 0.5) is 0 Å². The molecule has 0 amide bonds. The van der Waals surface area contributed by atoms with Crippen LogP contribution in [0, 0.1) is 0 Å². The predicted octanol–water partition coefficient (Wildman–Crippen LogP) is 0.324. The van der Waals surface area contributed by atoms with Gasteiger partial charge in [0, 0.05) is 32.5 Å². The summed E-state index contributed by atoms with van der Waals surface area (Å²) in [6.45, 7) is 1.24. The fourth-order valence-corrected chi connectivity index (χ4v) is 3.65. The van der Waals surface area contributed by atoms with Crippen molar-refractivity contribution in [2.24, 2.45) is 7.05 Å². The van der Waals surface area contributed by atoms with Crippen LogP contribution in [0.2, 0.25) is 0 Å². The molecule has 0 aliphatic carbocycles. The molecule has 0 aromatic carbocycles. The van der Waals surface area contributed by atoms with Crippen LogP contribution >= 0.6 is 0 Å². The zero-order valence-corrected chi connectivity index (χ0v) is 12.4. The van der Waals surface area contributed by atoms with Crippen LogP contribution in [0.15, 0.2) is 12.4 Å². The number of rotatable bonds is 5. The average Bonchev–Trinajstić information content (AvgIpc) is 2.76. The molecule has 2 heterocycles. The minimum absolute atomic E-state index is 0.0857. The SMILES string of the molecule is CN(Cc1nccn1C)S(=O)(=O)CC1CCCCN1. The maximum Gasteiger partial charge on any atom is 0.215 e. The maximum absolute atomic E-state index is 12.3. The maximum atomic E-state index is 12.3. The summed E-state index contributed by atoms with van der Waals surface area (Å²) in [4.78, 5) is 4.16. The lowest BCUT2D eigenvalue weighted by atomic mass is 10.1. The monoisotopic (exact) mass is 286 g/mol. The van der Waals surface area contributed by atoms with E-state index in [-0.39, 0.29) is 11.8 Å². The first kappa shape index (κ1) is 14.5. The van der Waals surface area contributed by atoms with Gasteiger partial charge >= 0.3 is 0 Å². The van der Waals surface area contributed by atoms with Crippen molar-refractivity contribution in [3.05, 3.63) is 18.2 Å². The van der Waals surface area contributed by atoms with E-state index < -0.39 is 10.0 Å². The van der Waals surface area contributed by atoms with Crippen molar-refractivity contribution < 1.29 is 8.42 Å². The van der Waals surface area contributed by atoms with Gasteiger partial charge in [-0.25, -0.2) is 13.4 Å². The minimum atomic E-state index is -3.24. The number of hydrogen-bond donors (Lipinski definition) is 1. The third-order valence-electron chi connectivity index (χ3n) is 3.58. The molecule has 0 spiro atoms. The second kappa shape index (κ2) is 6.02. The van der Waals surface area contributed by atoms with Crippen LogP contribution in [0.1, 0.15) is 25.1 Å². The normalized spacial score (nSPS) is 20.9. The average molecular weight is 286 g/mol. The van der Waals surface area contributed by atoms with Crippen molar-refractivity contribution in [2.75, 3.05) is 19.3 Å². The zero-order chi connectivity index (χ0) is 13.9. The Morgan fingerprint density at radius 2 is 2.32 bits per heavy atom. The standard InChI is InChI=1S/C12H22N4O2S/c1-15-8-7-14-12(15)9-16(2)19(17,18)10-11-5-3-4-6-13-11/h7-8,11,13H,3-6,9-10H2,1-2H3. The number of aryl methyl sites for hydroxylation is 1. The van der Waals surface area contributed by atoms with Crippen molar-refractivity contribution >= 4 is 10.0 Å². The van der Waals surface area contributed by atoms with Crippen LogP contribution in [-0.4, -0.2) is 47.7 Å². The third-order valence-corrected chi connectivity index (χ3v) is 5.49. The summed E-state index contributed by atoms with van der Waals surface area (Å²) >= 11 is 0. The molecule has 7 heteroatoms. The van der Waals surface area contributed by atoms with Crippen LogP contribution in [0.3, 0.4) is 0 Å². The van der Waals surface area contributed by atoms with Crippen molar-refractivity contribution in [3.8, 4) is 0 Å². The Kier molecular flexibility index (Phi) is 4.59. The Morgan fingerprint density at radius 3 is 2.89 bits per heavy atom. The van der Waals surface area contributed by atoms with Crippen molar-refractivity contribution in [2.45, 2.75) is 31.8 Å². The van der Waals surface area contributed by atoms with E-state index in [1.807, 2.05) is 17.8 Å². The second-order valence-corrected chi connectivity index (χ2v) is 7.26. The smallest absolute Gasteiger partial charge is 0.215 e. The topological polar surface area (TPSA) is 67.2 Å². The molecule has 2 rings (SSSR count). The van der Waals surface area contributed by atoms with Gasteiger partial charge in [-0.05, 0) is 19.4 Å². The van der Waals surface area contributed by atoms with Gasteiger partial charge < -0.3 is 9.88 Å². The van der Waals surface area contributed by atoms with Gasteiger partial charge in [0.1, 0.15) is 5.82 Å². The van der Waals surface area contributed by atoms with Crippen molar-refractivity contribution in [1.82, 2.24) is 19.2 Å². The van der Waals surface area contributed by atoms with E-state index in [4.69, 9.17) is 0 Å². The Balaban J connectivity index is 1.96.